The zero-order chi connectivity index (χ0) is 13.2. The van der Waals surface area contributed by atoms with E-state index < -0.39 is 0 Å². The number of nitrogens with one attached hydrogen (secondary N) is 1. The quantitative estimate of drug-likeness (QED) is 0.762. The normalized spacial score (nSPS) is 32.1. The van der Waals surface area contributed by atoms with Crippen molar-refractivity contribution >= 4 is 6.03 Å². The van der Waals surface area contributed by atoms with Gasteiger partial charge in [-0.2, -0.15) is 0 Å². The number of nitrogens with zero attached hydrogens (tertiary/aromatic N) is 1. The zero-order valence-corrected chi connectivity index (χ0v) is 12.2. The monoisotopic (exact) mass is 252 g/mol. The van der Waals surface area contributed by atoms with Gasteiger partial charge in [0.15, 0.2) is 0 Å². The Morgan fingerprint density at radius 1 is 1.22 bits per heavy atom. The molecule has 0 aromatic heterocycles. The van der Waals surface area contributed by atoms with Gasteiger partial charge in [-0.3, -0.25) is 0 Å². The molecular formula is C15H28N2O. The molecule has 0 bridgehead atoms. The van der Waals surface area contributed by atoms with Crippen molar-refractivity contribution in [1.82, 2.24) is 10.2 Å². The lowest BCUT2D eigenvalue weighted by Crippen LogP contribution is -2.53. The van der Waals surface area contributed by atoms with Crippen molar-refractivity contribution in [2.75, 3.05) is 13.1 Å². The van der Waals surface area contributed by atoms with Crippen molar-refractivity contribution in [3.05, 3.63) is 0 Å². The SMILES string of the molecule is CC1CCCN(C(=O)NC2CCCCC2(C)C)C1. The number of hydrogen-bond acceptors (Lipinski definition) is 1. The van der Waals surface area contributed by atoms with Crippen LogP contribution in [0.2, 0.25) is 0 Å². The van der Waals surface area contributed by atoms with Crippen molar-refractivity contribution < 1.29 is 4.79 Å². The largest absolute Gasteiger partial charge is 0.335 e. The van der Waals surface area contributed by atoms with Gasteiger partial charge in [-0.1, -0.05) is 33.6 Å². The molecule has 0 aromatic rings. The lowest BCUT2D eigenvalue weighted by Gasteiger charge is -2.41. The Hall–Kier alpha value is -0.730. The van der Waals surface area contributed by atoms with Crippen LogP contribution in [-0.4, -0.2) is 30.1 Å². The molecule has 0 radical (unpaired) electrons. The summed E-state index contributed by atoms with van der Waals surface area (Å²) >= 11 is 0. The molecule has 1 aliphatic carbocycles. The molecule has 1 heterocycles. The fraction of sp³-hybridized carbons (Fsp3) is 0.933. The summed E-state index contributed by atoms with van der Waals surface area (Å²) in [7, 11) is 0. The van der Waals surface area contributed by atoms with Gasteiger partial charge in [-0.15, -0.1) is 0 Å². The summed E-state index contributed by atoms with van der Waals surface area (Å²) < 4.78 is 0. The number of carbonyl (C=O) groups excluding carboxylic acids is 1. The van der Waals surface area contributed by atoms with E-state index in [1.54, 1.807) is 0 Å². The molecule has 2 rings (SSSR count). The Labute approximate surface area is 111 Å². The van der Waals surface area contributed by atoms with Crippen LogP contribution in [0.25, 0.3) is 0 Å². The van der Waals surface area contributed by atoms with E-state index in [4.69, 9.17) is 0 Å². The van der Waals surface area contributed by atoms with E-state index >= 15 is 0 Å². The summed E-state index contributed by atoms with van der Waals surface area (Å²) in [6, 6.07) is 0.525. The lowest BCUT2D eigenvalue weighted by atomic mass is 9.73. The van der Waals surface area contributed by atoms with E-state index in [0.717, 1.165) is 25.9 Å². The Kier molecular flexibility index (Phi) is 4.18. The number of hydrogen-bond donors (Lipinski definition) is 1. The second kappa shape index (κ2) is 5.50. The molecule has 2 aliphatic rings. The zero-order valence-electron chi connectivity index (χ0n) is 12.2. The second-order valence-corrected chi connectivity index (χ2v) is 6.93. The minimum absolute atomic E-state index is 0.168. The summed E-state index contributed by atoms with van der Waals surface area (Å²) in [6.45, 7) is 8.68. The smallest absolute Gasteiger partial charge is 0.317 e. The molecule has 1 N–H and O–H groups in total. The predicted molar refractivity (Wildman–Crippen MR) is 74.5 cm³/mol. The van der Waals surface area contributed by atoms with Gasteiger partial charge >= 0.3 is 6.03 Å². The molecule has 2 amide bonds. The maximum Gasteiger partial charge on any atom is 0.317 e. The highest BCUT2D eigenvalue weighted by molar-refractivity contribution is 5.74. The summed E-state index contributed by atoms with van der Waals surface area (Å²) in [5.74, 6) is 0.656. The molecule has 0 aromatic carbocycles. The van der Waals surface area contributed by atoms with E-state index in [9.17, 15) is 4.79 Å². The number of amides is 2. The topological polar surface area (TPSA) is 32.3 Å². The molecular weight excluding hydrogens is 224 g/mol. The standard InChI is InChI=1S/C15H28N2O/c1-12-7-6-10-17(11-12)14(18)16-13-8-4-5-9-15(13,2)3/h12-13H,4-11H2,1-3H3,(H,16,18). The third-order valence-corrected chi connectivity index (χ3v) is 4.75. The number of carbonyl (C=O) groups is 1. The molecule has 104 valence electrons. The van der Waals surface area contributed by atoms with Crippen LogP contribution in [0.15, 0.2) is 0 Å². The molecule has 2 unspecified atom stereocenters. The highest BCUT2D eigenvalue weighted by Crippen LogP contribution is 2.35. The summed E-state index contributed by atoms with van der Waals surface area (Å²) in [5.41, 5.74) is 0.259. The predicted octanol–water partition coefficient (Wildman–Crippen LogP) is 3.40. The molecule has 0 spiro atoms. The highest BCUT2D eigenvalue weighted by Gasteiger charge is 2.34. The molecule has 1 saturated carbocycles. The van der Waals surface area contributed by atoms with Gasteiger partial charge in [-0.05, 0) is 37.0 Å². The average molecular weight is 252 g/mol. The molecule has 18 heavy (non-hydrogen) atoms. The van der Waals surface area contributed by atoms with Gasteiger partial charge < -0.3 is 10.2 Å². The Balaban J connectivity index is 1.89. The highest BCUT2D eigenvalue weighted by atomic mass is 16.2. The maximum absolute atomic E-state index is 12.3. The van der Waals surface area contributed by atoms with Crippen molar-refractivity contribution in [1.29, 1.82) is 0 Å². The summed E-state index contributed by atoms with van der Waals surface area (Å²) in [4.78, 5) is 14.3. The molecule has 3 nitrogen and oxygen atoms in total. The first-order chi connectivity index (χ1) is 8.49. The third-order valence-electron chi connectivity index (χ3n) is 4.75. The van der Waals surface area contributed by atoms with Gasteiger partial charge in [0, 0.05) is 19.1 Å². The minimum atomic E-state index is 0.168. The van der Waals surface area contributed by atoms with E-state index in [-0.39, 0.29) is 11.4 Å². The van der Waals surface area contributed by atoms with Gasteiger partial charge in [0.25, 0.3) is 0 Å². The van der Waals surface area contributed by atoms with Gasteiger partial charge in [0.2, 0.25) is 0 Å². The van der Waals surface area contributed by atoms with Gasteiger partial charge in [0.1, 0.15) is 0 Å². The van der Waals surface area contributed by atoms with E-state index in [2.05, 4.69) is 26.1 Å². The number of urea groups is 1. The number of piperidine rings is 1. The third kappa shape index (κ3) is 3.18. The number of rotatable bonds is 1. The van der Waals surface area contributed by atoms with Crippen molar-refractivity contribution in [2.45, 2.75) is 65.3 Å². The Morgan fingerprint density at radius 3 is 2.67 bits per heavy atom. The van der Waals surface area contributed by atoms with E-state index in [1.807, 2.05) is 4.90 Å². The molecule has 2 atom stereocenters. The van der Waals surface area contributed by atoms with Crippen molar-refractivity contribution in [3.63, 3.8) is 0 Å². The van der Waals surface area contributed by atoms with Gasteiger partial charge in [-0.25, -0.2) is 4.79 Å². The maximum atomic E-state index is 12.3. The van der Waals surface area contributed by atoms with E-state index in [0.29, 0.717) is 12.0 Å². The van der Waals surface area contributed by atoms with Crippen LogP contribution < -0.4 is 5.32 Å². The average Bonchev–Trinajstić information content (AvgIpc) is 2.31. The second-order valence-electron chi connectivity index (χ2n) is 6.93. The first kappa shape index (κ1) is 13.7. The summed E-state index contributed by atoms with van der Waals surface area (Å²) in [5, 5.41) is 3.29. The lowest BCUT2D eigenvalue weighted by molar-refractivity contribution is 0.135. The molecule has 2 fully saturated rings. The van der Waals surface area contributed by atoms with Crippen LogP contribution in [0.3, 0.4) is 0 Å². The van der Waals surface area contributed by atoms with Crippen LogP contribution in [-0.2, 0) is 0 Å². The minimum Gasteiger partial charge on any atom is -0.335 e. The first-order valence-electron chi connectivity index (χ1n) is 7.54. The van der Waals surface area contributed by atoms with Crippen molar-refractivity contribution in [2.24, 2.45) is 11.3 Å². The Bertz CT molecular complexity index is 301. The van der Waals surface area contributed by atoms with Gasteiger partial charge in [0.05, 0.1) is 0 Å². The Morgan fingerprint density at radius 2 is 2.00 bits per heavy atom. The molecule has 3 heteroatoms. The first-order valence-corrected chi connectivity index (χ1v) is 7.54. The molecule has 1 saturated heterocycles. The van der Waals surface area contributed by atoms with Crippen molar-refractivity contribution in [3.8, 4) is 0 Å². The van der Waals surface area contributed by atoms with Crippen LogP contribution in [0.1, 0.15) is 59.3 Å². The van der Waals surface area contributed by atoms with Crippen LogP contribution in [0, 0.1) is 11.3 Å². The summed E-state index contributed by atoms with van der Waals surface area (Å²) in [6.07, 6.45) is 7.35. The fourth-order valence-electron chi connectivity index (χ4n) is 3.38. The van der Waals surface area contributed by atoms with E-state index in [1.165, 1.54) is 25.7 Å². The number of likely N-dealkylation sites (tertiary alicyclic amines) is 1. The van der Waals surface area contributed by atoms with Crippen LogP contribution >= 0.6 is 0 Å². The molecule has 1 aliphatic heterocycles. The fourth-order valence-corrected chi connectivity index (χ4v) is 3.38. The van der Waals surface area contributed by atoms with Crippen LogP contribution in [0.4, 0.5) is 4.79 Å². The van der Waals surface area contributed by atoms with Crippen LogP contribution in [0.5, 0.6) is 0 Å².